The van der Waals surface area contributed by atoms with Crippen LogP contribution >= 0.6 is 0 Å². The average Bonchev–Trinajstić information content (AvgIpc) is 2.64. The van der Waals surface area contributed by atoms with E-state index in [4.69, 9.17) is 0 Å². The van der Waals surface area contributed by atoms with Gasteiger partial charge in [-0.2, -0.15) is 0 Å². The van der Waals surface area contributed by atoms with Gasteiger partial charge in [0.1, 0.15) is 0 Å². The second-order valence-electron chi connectivity index (χ2n) is 10.6. The smallest absolute Gasteiger partial charge is 0.309 e. The SMILES string of the molecule is CCCCCCCCCCC(C)(C)CCC(C1CCNCC1)C(C)(C)C(=O)O. The van der Waals surface area contributed by atoms with Crippen molar-refractivity contribution in [2.45, 2.75) is 118 Å². The van der Waals surface area contributed by atoms with Crippen molar-refractivity contribution in [2.75, 3.05) is 13.1 Å². The van der Waals surface area contributed by atoms with E-state index in [1.165, 1.54) is 57.8 Å². The quantitative estimate of drug-likeness (QED) is 0.292. The van der Waals surface area contributed by atoms with E-state index in [-0.39, 0.29) is 5.92 Å². The third kappa shape index (κ3) is 9.29. The number of carboxylic acids is 1. The summed E-state index contributed by atoms with van der Waals surface area (Å²) in [6, 6.07) is 0. The molecule has 0 aromatic heterocycles. The van der Waals surface area contributed by atoms with Crippen molar-refractivity contribution in [1.29, 1.82) is 0 Å². The lowest BCUT2D eigenvalue weighted by atomic mass is 9.65. The van der Waals surface area contributed by atoms with Gasteiger partial charge in [-0.05, 0) is 76.3 Å². The summed E-state index contributed by atoms with van der Waals surface area (Å²) >= 11 is 0. The summed E-state index contributed by atoms with van der Waals surface area (Å²) in [5.41, 5.74) is -0.307. The van der Waals surface area contributed by atoms with Crippen molar-refractivity contribution in [3.05, 3.63) is 0 Å². The van der Waals surface area contributed by atoms with E-state index < -0.39 is 11.4 Å². The van der Waals surface area contributed by atoms with Gasteiger partial charge in [0.2, 0.25) is 0 Å². The van der Waals surface area contributed by atoms with Crippen LogP contribution in [-0.2, 0) is 4.79 Å². The van der Waals surface area contributed by atoms with Gasteiger partial charge in [-0.25, -0.2) is 0 Å². The van der Waals surface area contributed by atoms with Gasteiger partial charge in [-0.1, -0.05) is 72.1 Å². The molecule has 0 aliphatic carbocycles. The molecule has 0 bridgehead atoms. The summed E-state index contributed by atoms with van der Waals surface area (Å²) in [5, 5.41) is 13.3. The monoisotopic (exact) mass is 395 g/mol. The molecule has 2 N–H and O–H groups in total. The second-order valence-corrected chi connectivity index (χ2v) is 10.6. The molecule has 0 aromatic carbocycles. The molecule has 1 rings (SSSR count). The molecule has 1 heterocycles. The Hall–Kier alpha value is -0.570. The maximum atomic E-state index is 12.0. The Bertz CT molecular complexity index is 424. The third-order valence-corrected chi connectivity index (χ3v) is 7.27. The Balaban J connectivity index is 2.43. The summed E-state index contributed by atoms with van der Waals surface area (Å²) in [6.07, 6.45) is 16.7. The van der Waals surface area contributed by atoms with E-state index in [2.05, 4.69) is 26.1 Å². The van der Waals surface area contributed by atoms with Crippen LogP contribution in [0.2, 0.25) is 0 Å². The predicted molar refractivity (Wildman–Crippen MR) is 121 cm³/mol. The molecule has 3 nitrogen and oxygen atoms in total. The molecule has 1 atom stereocenters. The number of nitrogens with one attached hydrogen (secondary N) is 1. The molecule has 1 saturated heterocycles. The number of unbranched alkanes of at least 4 members (excludes halogenated alkanes) is 7. The van der Waals surface area contributed by atoms with Gasteiger partial charge in [-0.3, -0.25) is 4.79 Å². The Morgan fingerprint density at radius 1 is 0.929 bits per heavy atom. The van der Waals surface area contributed by atoms with Crippen molar-refractivity contribution in [1.82, 2.24) is 5.32 Å². The highest BCUT2D eigenvalue weighted by Crippen LogP contribution is 2.43. The van der Waals surface area contributed by atoms with Crippen molar-refractivity contribution >= 4 is 5.97 Å². The molecule has 28 heavy (non-hydrogen) atoms. The normalized spacial score (nSPS) is 17.6. The van der Waals surface area contributed by atoms with Crippen LogP contribution in [-0.4, -0.2) is 24.2 Å². The van der Waals surface area contributed by atoms with Crippen LogP contribution in [0.25, 0.3) is 0 Å². The summed E-state index contributed by atoms with van der Waals surface area (Å²) in [7, 11) is 0. The lowest BCUT2D eigenvalue weighted by Crippen LogP contribution is -2.42. The van der Waals surface area contributed by atoms with E-state index in [0.29, 0.717) is 11.3 Å². The maximum absolute atomic E-state index is 12.0. The minimum Gasteiger partial charge on any atom is -0.481 e. The van der Waals surface area contributed by atoms with E-state index in [1.54, 1.807) is 0 Å². The fourth-order valence-corrected chi connectivity index (χ4v) is 5.00. The third-order valence-electron chi connectivity index (χ3n) is 7.27. The lowest BCUT2D eigenvalue weighted by Gasteiger charge is -2.40. The largest absolute Gasteiger partial charge is 0.481 e. The Morgan fingerprint density at radius 2 is 1.46 bits per heavy atom. The highest BCUT2D eigenvalue weighted by Gasteiger charge is 2.41. The molecule has 1 fully saturated rings. The molecule has 1 aliphatic rings. The fourth-order valence-electron chi connectivity index (χ4n) is 5.00. The van der Waals surface area contributed by atoms with E-state index >= 15 is 0 Å². The van der Waals surface area contributed by atoms with Crippen LogP contribution in [0.5, 0.6) is 0 Å². The summed E-state index contributed by atoms with van der Waals surface area (Å²) < 4.78 is 0. The topological polar surface area (TPSA) is 49.3 Å². The average molecular weight is 396 g/mol. The highest BCUT2D eigenvalue weighted by atomic mass is 16.4. The number of hydrogen-bond donors (Lipinski definition) is 2. The summed E-state index contributed by atoms with van der Waals surface area (Å²) in [6.45, 7) is 13.0. The van der Waals surface area contributed by atoms with Crippen molar-refractivity contribution < 1.29 is 9.90 Å². The second kappa shape index (κ2) is 12.9. The van der Waals surface area contributed by atoms with Crippen LogP contribution in [0.1, 0.15) is 118 Å². The number of aliphatic carboxylic acids is 1. The van der Waals surface area contributed by atoms with Gasteiger partial charge >= 0.3 is 5.97 Å². The Morgan fingerprint density at radius 3 is 2.00 bits per heavy atom. The van der Waals surface area contributed by atoms with Crippen LogP contribution in [0.15, 0.2) is 0 Å². The number of piperidine rings is 1. The van der Waals surface area contributed by atoms with Gasteiger partial charge in [-0.15, -0.1) is 0 Å². The van der Waals surface area contributed by atoms with Gasteiger partial charge in [0.25, 0.3) is 0 Å². The van der Waals surface area contributed by atoms with Gasteiger partial charge < -0.3 is 10.4 Å². The summed E-state index contributed by atoms with van der Waals surface area (Å²) in [5.74, 6) is 0.202. The minimum absolute atomic E-state index is 0.282. The predicted octanol–water partition coefficient (Wildman–Crippen LogP) is 7.05. The van der Waals surface area contributed by atoms with Crippen molar-refractivity contribution in [3.63, 3.8) is 0 Å². The summed E-state index contributed by atoms with van der Waals surface area (Å²) in [4.78, 5) is 12.0. The Labute approximate surface area is 175 Å². The molecule has 0 amide bonds. The van der Waals surface area contributed by atoms with Crippen LogP contribution < -0.4 is 5.32 Å². The van der Waals surface area contributed by atoms with Gasteiger partial charge in [0, 0.05) is 0 Å². The molecular weight excluding hydrogens is 346 g/mol. The molecule has 0 aromatic rings. The zero-order chi connectivity index (χ0) is 21.0. The van der Waals surface area contributed by atoms with Gasteiger partial charge in [0.15, 0.2) is 0 Å². The van der Waals surface area contributed by atoms with Gasteiger partial charge in [0.05, 0.1) is 5.41 Å². The molecule has 166 valence electrons. The van der Waals surface area contributed by atoms with E-state index in [9.17, 15) is 9.90 Å². The molecule has 3 heteroatoms. The first-order valence-corrected chi connectivity index (χ1v) is 12.1. The molecular formula is C25H49NO2. The number of rotatable bonds is 15. The van der Waals surface area contributed by atoms with Crippen molar-refractivity contribution in [3.8, 4) is 0 Å². The standard InChI is InChI=1S/C25H49NO2/c1-6-7-8-9-10-11-12-13-17-24(2,3)18-14-22(25(4,5)23(27)28)21-15-19-26-20-16-21/h21-22,26H,6-20H2,1-5H3,(H,27,28). The fraction of sp³-hybridized carbons (Fsp3) is 0.960. The number of carboxylic acid groups (broad SMARTS) is 1. The molecule has 0 radical (unpaired) electrons. The van der Waals surface area contributed by atoms with Crippen molar-refractivity contribution in [2.24, 2.45) is 22.7 Å². The maximum Gasteiger partial charge on any atom is 0.309 e. The van der Waals surface area contributed by atoms with E-state index in [0.717, 1.165) is 38.8 Å². The molecule has 0 spiro atoms. The number of hydrogen-bond acceptors (Lipinski definition) is 2. The zero-order valence-corrected chi connectivity index (χ0v) is 19.6. The first kappa shape index (κ1) is 25.5. The molecule has 1 unspecified atom stereocenters. The zero-order valence-electron chi connectivity index (χ0n) is 19.6. The van der Waals surface area contributed by atoms with Crippen LogP contribution in [0, 0.1) is 22.7 Å². The minimum atomic E-state index is -0.628. The first-order valence-electron chi connectivity index (χ1n) is 12.1. The lowest BCUT2D eigenvalue weighted by molar-refractivity contribution is -0.152. The van der Waals surface area contributed by atoms with Crippen LogP contribution in [0.3, 0.4) is 0 Å². The Kier molecular flexibility index (Phi) is 11.7. The highest BCUT2D eigenvalue weighted by molar-refractivity contribution is 5.74. The molecule has 1 aliphatic heterocycles. The first-order chi connectivity index (χ1) is 13.2. The van der Waals surface area contributed by atoms with Crippen LogP contribution in [0.4, 0.5) is 0 Å². The van der Waals surface area contributed by atoms with E-state index in [1.807, 2.05) is 13.8 Å². The molecule has 0 saturated carbocycles. The number of carbonyl (C=O) groups is 1.